The molecular formula is C19H18ClNO2. The average molecular weight is 328 g/mol. The number of benzene rings is 2. The zero-order valence-electron chi connectivity index (χ0n) is 12.8. The van der Waals surface area contributed by atoms with Gasteiger partial charge < -0.3 is 10.4 Å². The van der Waals surface area contributed by atoms with Crippen LogP contribution in [-0.2, 0) is 11.2 Å². The topological polar surface area (TPSA) is 49.3 Å². The minimum absolute atomic E-state index is 0.0557. The number of aromatic hydroxyl groups is 1. The Balaban J connectivity index is 1.76. The van der Waals surface area contributed by atoms with E-state index in [0.717, 1.165) is 35.1 Å². The van der Waals surface area contributed by atoms with Gasteiger partial charge in [-0.3, -0.25) is 4.79 Å². The lowest BCUT2D eigenvalue weighted by molar-refractivity contribution is -0.117. The maximum absolute atomic E-state index is 12.3. The predicted molar refractivity (Wildman–Crippen MR) is 92.4 cm³/mol. The standard InChI is InChI=1S/C19H18ClNO2/c1-12(13-5-2-3-7-16(13)20)11-19(23)21-17-10-9-15-14(17)6-4-8-18(15)22/h2-8,11,17,22H,9-10H2,1H3,(H,21,23)/b12-11-. The number of nitrogens with one attached hydrogen (secondary N) is 1. The van der Waals surface area contributed by atoms with Gasteiger partial charge in [0.05, 0.1) is 6.04 Å². The number of phenolic OH excluding ortho intramolecular Hbond substituents is 1. The first-order chi connectivity index (χ1) is 11.1. The molecule has 0 spiro atoms. The third-order valence-corrected chi connectivity index (χ3v) is 4.54. The second kappa shape index (κ2) is 6.47. The van der Waals surface area contributed by atoms with Crippen LogP contribution in [0.25, 0.3) is 5.57 Å². The lowest BCUT2D eigenvalue weighted by Crippen LogP contribution is -2.25. The van der Waals surface area contributed by atoms with E-state index in [1.807, 2.05) is 43.3 Å². The second-order valence-corrected chi connectivity index (χ2v) is 6.16. The van der Waals surface area contributed by atoms with E-state index in [-0.39, 0.29) is 11.9 Å². The van der Waals surface area contributed by atoms with Gasteiger partial charge in [-0.05, 0) is 54.2 Å². The Kier molecular flexibility index (Phi) is 4.39. The molecule has 1 atom stereocenters. The molecule has 2 aromatic carbocycles. The van der Waals surface area contributed by atoms with Crippen LogP contribution < -0.4 is 5.32 Å². The van der Waals surface area contributed by atoms with Crippen molar-refractivity contribution in [1.82, 2.24) is 5.32 Å². The van der Waals surface area contributed by atoms with Crippen LogP contribution in [0.2, 0.25) is 5.02 Å². The molecule has 4 heteroatoms. The van der Waals surface area contributed by atoms with Crippen molar-refractivity contribution in [3.8, 4) is 5.75 Å². The van der Waals surface area contributed by atoms with E-state index in [9.17, 15) is 9.90 Å². The van der Waals surface area contributed by atoms with Gasteiger partial charge in [0.1, 0.15) is 5.75 Å². The highest BCUT2D eigenvalue weighted by atomic mass is 35.5. The van der Waals surface area contributed by atoms with Gasteiger partial charge in [0.25, 0.3) is 0 Å². The molecule has 23 heavy (non-hydrogen) atoms. The first-order valence-corrected chi connectivity index (χ1v) is 7.98. The van der Waals surface area contributed by atoms with E-state index < -0.39 is 0 Å². The number of carbonyl (C=O) groups excluding carboxylic acids is 1. The summed E-state index contributed by atoms with van der Waals surface area (Å²) in [6.45, 7) is 1.87. The van der Waals surface area contributed by atoms with Crippen molar-refractivity contribution in [2.24, 2.45) is 0 Å². The summed E-state index contributed by atoms with van der Waals surface area (Å²) in [7, 11) is 0. The molecule has 1 amide bonds. The van der Waals surface area contributed by atoms with E-state index in [2.05, 4.69) is 5.32 Å². The molecule has 3 rings (SSSR count). The van der Waals surface area contributed by atoms with Crippen LogP contribution in [0.1, 0.15) is 36.1 Å². The number of rotatable bonds is 3. The van der Waals surface area contributed by atoms with Gasteiger partial charge in [-0.1, -0.05) is 41.9 Å². The first-order valence-electron chi connectivity index (χ1n) is 7.60. The molecule has 1 aliphatic carbocycles. The predicted octanol–water partition coefficient (Wildman–Crippen LogP) is 4.25. The number of phenols is 1. The van der Waals surface area contributed by atoms with Gasteiger partial charge in [-0.25, -0.2) is 0 Å². The minimum Gasteiger partial charge on any atom is -0.508 e. The monoisotopic (exact) mass is 327 g/mol. The number of amides is 1. The van der Waals surface area contributed by atoms with E-state index in [1.165, 1.54) is 0 Å². The third kappa shape index (κ3) is 3.25. The SMILES string of the molecule is C/C(=C/C(=O)NC1CCc2c(O)cccc21)c1ccccc1Cl. The van der Waals surface area contributed by atoms with Crippen LogP contribution in [0, 0.1) is 0 Å². The summed E-state index contributed by atoms with van der Waals surface area (Å²) in [6.07, 6.45) is 3.15. The van der Waals surface area contributed by atoms with Crippen LogP contribution in [-0.4, -0.2) is 11.0 Å². The molecular weight excluding hydrogens is 310 g/mol. The molecule has 0 saturated carbocycles. The van der Waals surface area contributed by atoms with Crippen LogP contribution in [0.5, 0.6) is 5.75 Å². The van der Waals surface area contributed by atoms with Crippen molar-refractivity contribution >= 4 is 23.1 Å². The maximum atomic E-state index is 12.3. The lowest BCUT2D eigenvalue weighted by atomic mass is 10.1. The van der Waals surface area contributed by atoms with Crippen molar-refractivity contribution in [3.05, 3.63) is 70.3 Å². The quantitative estimate of drug-likeness (QED) is 0.828. The van der Waals surface area contributed by atoms with Crippen LogP contribution in [0.4, 0.5) is 0 Å². The minimum atomic E-state index is -0.149. The Morgan fingerprint density at radius 2 is 2.04 bits per heavy atom. The zero-order valence-corrected chi connectivity index (χ0v) is 13.6. The van der Waals surface area contributed by atoms with Crippen molar-refractivity contribution in [2.45, 2.75) is 25.8 Å². The van der Waals surface area contributed by atoms with Crippen LogP contribution in [0.3, 0.4) is 0 Å². The number of hydrogen-bond acceptors (Lipinski definition) is 2. The summed E-state index contributed by atoms with van der Waals surface area (Å²) >= 11 is 6.16. The fourth-order valence-corrected chi connectivity index (χ4v) is 3.34. The summed E-state index contributed by atoms with van der Waals surface area (Å²) < 4.78 is 0. The van der Waals surface area contributed by atoms with Gasteiger partial charge in [0, 0.05) is 11.1 Å². The number of halogens is 1. The molecule has 0 fully saturated rings. The molecule has 2 aromatic rings. The first kappa shape index (κ1) is 15.6. The van der Waals surface area contributed by atoms with Gasteiger partial charge in [-0.2, -0.15) is 0 Å². The van der Waals surface area contributed by atoms with E-state index in [0.29, 0.717) is 10.8 Å². The Morgan fingerprint density at radius 1 is 1.26 bits per heavy atom. The summed E-state index contributed by atoms with van der Waals surface area (Å²) in [5.41, 5.74) is 3.61. The zero-order chi connectivity index (χ0) is 16.4. The lowest BCUT2D eigenvalue weighted by Gasteiger charge is -2.13. The number of carbonyl (C=O) groups is 1. The smallest absolute Gasteiger partial charge is 0.244 e. The molecule has 3 nitrogen and oxygen atoms in total. The average Bonchev–Trinajstić information content (AvgIpc) is 2.92. The van der Waals surface area contributed by atoms with Gasteiger partial charge >= 0.3 is 0 Å². The highest BCUT2D eigenvalue weighted by molar-refractivity contribution is 6.32. The van der Waals surface area contributed by atoms with Crippen molar-refractivity contribution in [3.63, 3.8) is 0 Å². The second-order valence-electron chi connectivity index (χ2n) is 5.75. The number of allylic oxidation sites excluding steroid dienone is 1. The fourth-order valence-electron chi connectivity index (χ4n) is 3.05. The van der Waals surface area contributed by atoms with Crippen LogP contribution in [0.15, 0.2) is 48.5 Å². The van der Waals surface area contributed by atoms with Crippen molar-refractivity contribution < 1.29 is 9.90 Å². The number of fused-ring (bicyclic) bond motifs is 1. The molecule has 0 heterocycles. The fraction of sp³-hybridized carbons (Fsp3) is 0.211. The molecule has 0 radical (unpaired) electrons. The Morgan fingerprint density at radius 3 is 2.83 bits per heavy atom. The summed E-state index contributed by atoms with van der Waals surface area (Å²) in [6, 6.07) is 12.9. The Labute approximate surface area is 140 Å². The highest BCUT2D eigenvalue weighted by Gasteiger charge is 2.25. The van der Waals surface area contributed by atoms with Gasteiger partial charge in [-0.15, -0.1) is 0 Å². The molecule has 0 saturated heterocycles. The molecule has 0 aliphatic heterocycles. The van der Waals surface area contributed by atoms with Crippen molar-refractivity contribution in [2.75, 3.05) is 0 Å². The van der Waals surface area contributed by atoms with E-state index in [4.69, 9.17) is 11.6 Å². The normalized spacial score (nSPS) is 17.0. The molecule has 0 bridgehead atoms. The summed E-state index contributed by atoms with van der Waals surface area (Å²) in [4.78, 5) is 12.3. The molecule has 1 aliphatic rings. The third-order valence-electron chi connectivity index (χ3n) is 4.21. The van der Waals surface area contributed by atoms with E-state index in [1.54, 1.807) is 12.1 Å². The largest absolute Gasteiger partial charge is 0.508 e. The number of hydrogen-bond donors (Lipinski definition) is 2. The Bertz CT molecular complexity index is 783. The van der Waals surface area contributed by atoms with E-state index >= 15 is 0 Å². The van der Waals surface area contributed by atoms with Crippen molar-refractivity contribution in [1.29, 1.82) is 0 Å². The highest BCUT2D eigenvalue weighted by Crippen LogP contribution is 2.36. The van der Waals surface area contributed by atoms with Gasteiger partial charge in [0.15, 0.2) is 0 Å². The Hall–Kier alpha value is -2.26. The van der Waals surface area contributed by atoms with Gasteiger partial charge in [0.2, 0.25) is 5.91 Å². The molecule has 118 valence electrons. The molecule has 2 N–H and O–H groups in total. The summed E-state index contributed by atoms with van der Waals surface area (Å²) in [5.74, 6) is 0.158. The maximum Gasteiger partial charge on any atom is 0.244 e. The molecule has 0 aromatic heterocycles. The van der Waals surface area contributed by atoms with Crippen LogP contribution >= 0.6 is 11.6 Å². The molecule has 1 unspecified atom stereocenters. The summed E-state index contributed by atoms with van der Waals surface area (Å²) in [5, 5.41) is 13.5.